The average Bonchev–Trinajstić information content (AvgIpc) is 2.56. The lowest BCUT2D eigenvalue weighted by molar-refractivity contribution is -0.125. The number of carbonyl (C=O) groups is 1. The molecule has 0 bridgehead atoms. The highest BCUT2D eigenvalue weighted by Crippen LogP contribution is 2.23. The minimum absolute atomic E-state index is 0.0194. The van der Waals surface area contributed by atoms with Crippen molar-refractivity contribution in [2.75, 3.05) is 18.1 Å². The van der Waals surface area contributed by atoms with Crippen molar-refractivity contribution in [1.29, 1.82) is 0 Å². The quantitative estimate of drug-likeness (QED) is 0.668. The van der Waals surface area contributed by atoms with Gasteiger partial charge in [0.25, 0.3) is 0 Å². The molecule has 1 heterocycles. The molecular formula is C8H15NO2S. The highest BCUT2D eigenvalue weighted by atomic mass is 32.2. The van der Waals surface area contributed by atoms with Gasteiger partial charge in [0.1, 0.15) is 0 Å². The van der Waals surface area contributed by atoms with Gasteiger partial charge in [-0.3, -0.25) is 4.79 Å². The Hall–Kier alpha value is -0.220. The fraction of sp³-hybridized carbons (Fsp3) is 0.875. The molecule has 4 heteroatoms. The summed E-state index contributed by atoms with van der Waals surface area (Å²) < 4.78 is 0. The summed E-state index contributed by atoms with van der Waals surface area (Å²) in [5.74, 6) is 2.29. The monoisotopic (exact) mass is 189 g/mol. The van der Waals surface area contributed by atoms with Crippen molar-refractivity contribution >= 4 is 17.7 Å². The van der Waals surface area contributed by atoms with Crippen molar-refractivity contribution in [2.24, 2.45) is 5.92 Å². The summed E-state index contributed by atoms with van der Waals surface area (Å²) in [5.41, 5.74) is 0. The first kappa shape index (κ1) is 9.86. The fourth-order valence-corrected chi connectivity index (χ4v) is 2.37. The fourth-order valence-electron chi connectivity index (χ4n) is 1.15. The molecule has 1 saturated heterocycles. The Bertz CT molecular complexity index is 157. The number of aliphatic hydroxyl groups is 1. The Morgan fingerprint density at radius 1 is 1.83 bits per heavy atom. The summed E-state index contributed by atoms with van der Waals surface area (Å²) in [7, 11) is 0. The van der Waals surface area contributed by atoms with E-state index in [0.29, 0.717) is 0 Å². The van der Waals surface area contributed by atoms with Crippen molar-refractivity contribution in [1.82, 2.24) is 5.32 Å². The number of aliphatic hydroxyl groups excluding tert-OH is 1. The first-order valence-electron chi connectivity index (χ1n) is 4.23. The molecule has 3 nitrogen and oxygen atoms in total. The van der Waals surface area contributed by atoms with Gasteiger partial charge in [-0.25, -0.2) is 0 Å². The lowest BCUT2D eigenvalue weighted by atomic mass is 10.1. The van der Waals surface area contributed by atoms with E-state index in [4.69, 9.17) is 5.11 Å². The van der Waals surface area contributed by atoms with E-state index in [2.05, 4.69) is 5.32 Å². The van der Waals surface area contributed by atoms with Crippen LogP contribution in [-0.4, -0.2) is 35.2 Å². The molecule has 0 aliphatic carbocycles. The van der Waals surface area contributed by atoms with Gasteiger partial charge in [0, 0.05) is 17.7 Å². The summed E-state index contributed by atoms with van der Waals surface area (Å²) >= 11 is 1.82. The maximum Gasteiger partial charge on any atom is 0.224 e. The minimum atomic E-state index is -0.108. The molecule has 0 radical (unpaired) electrons. The number of thioether (sulfide) groups is 1. The van der Waals surface area contributed by atoms with Crippen molar-refractivity contribution < 1.29 is 9.90 Å². The van der Waals surface area contributed by atoms with Gasteiger partial charge in [-0.15, -0.1) is 0 Å². The van der Waals surface area contributed by atoms with Crippen molar-refractivity contribution in [3.8, 4) is 0 Å². The third-order valence-corrected chi connectivity index (χ3v) is 3.13. The van der Waals surface area contributed by atoms with E-state index in [0.717, 1.165) is 17.9 Å². The normalized spacial score (nSPS) is 25.3. The molecule has 1 rings (SSSR count). The Labute approximate surface area is 76.9 Å². The molecule has 0 aromatic rings. The second-order valence-electron chi connectivity index (χ2n) is 3.15. The zero-order valence-electron chi connectivity index (χ0n) is 7.25. The largest absolute Gasteiger partial charge is 0.394 e. The van der Waals surface area contributed by atoms with Crippen LogP contribution in [-0.2, 0) is 4.79 Å². The van der Waals surface area contributed by atoms with Gasteiger partial charge in [0.05, 0.1) is 6.61 Å². The molecular weight excluding hydrogens is 174 g/mol. The van der Waals surface area contributed by atoms with Crippen molar-refractivity contribution in [2.45, 2.75) is 19.4 Å². The third-order valence-electron chi connectivity index (χ3n) is 1.96. The standard InChI is InChI=1S/C8H15NO2S/c1-6(4-10)9-8(11)7-2-3-12-5-7/h6-7,10H,2-5H2,1H3,(H,9,11). The number of hydrogen-bond acceptors (Lipinski definition) is 3. The molecule has 1 aliphatic heterocycles. The first-order chi connectivity index (χ1) is 5.74. The molecule has 2 atom stereocenters. The van der Waals surface area contributed by atoms with Gasteiger partial charge in [-0.1, -0.05) is 0 Å². The molecule has 1 fully saturated rings. The first-order valence-corrected chi connectivity index (χ1v) is 5.38. The van der Waals surface area contributed by atoms with E-state index in [1.54, 1.807) is 6.92 Å². The summed E-state index contributed by atoms with van der Waals surface area (Å²) in [4.78, 5) is 11.4. The molecule has 0 spiro atoms. The Balaban J connectivity index is 2.27. The number of amides is 1. The smallest absolute Gasteiger partial charge is 0.224 e. The summed E-state index contributed by atoms with van der Waals surface area (Å²) in [5, 5.41) is 11.5. The SMILES string of the molecule is CC(CO)NC(=O)C1CCSC1. The van der Waals surface area contributed by atoms with Gasteiger partial charge < -0.3 is 10.4 Å². The van der Waals surface area contributed by atoms with E-state index in [1.807, 2.05) is 11.8 Å². The number of carbonyl (C=O) groups excluding carboxylic acids is 1. The molecule has 2 N–H and O–H groups in total. The summed E-state index contributed by atoms with van der Waals surface area (Å²) in [6, 6.07) is -0.108. The topological polar surface area (TPSA) is 49.3 Å². The predicted molar refractivity (Wildman–Crippen MR) is 50.1 cm³/mol. The molecule has 12 heavy (non-hydrogen) atoms. The van der Waals surface area contributed by atoms with Gasteiger partial charge in [0.2, 0.25) is 5.91 Å². The number of hydrogen-bond donors (Lipinski definition) is 2. The van der Waals surface area contributed by atoms with Crippen LogP contribution in [0.1, 0.15) is 13.3 Å². The number of rotatable bonds is 3. The third kappa shape index (κ3) is 2.68. The van der Waals surface area contributed by atoms with E-state index < -0.39 is 0 Å². The van der Waals surface area contributed by atoms with E-state index in [9.17, 15) is 4.79 Å². The van der Waals surface area contributed by atoms with E-state index in [-0.39, 0.29) is 24.5 Å². The molecule has 2 unspecified atom stereocenters. The van der Waals surface area contributed by atoms with Gasteiger partial charge in [-0.05, 0) is 19.1 Å². The molecule has 0 saturated carbocycles. The predicted octanol–water partition coefficient (Wildman–Crippen LogP) is 0.237. The molecule has 0 aromatic heterocycles. The van der Waals surface area contributed by atoms with Crippen LogP contribution in [0.4, 0.5) is 0 Å². The van der Waals surface area contributed by atoms with E-state index >= 15 is 0 Å². The van der Waals surface area contributed by atoms with Crippen LogP contribution in [0.2, 0.25) is 0 Å². The zero-order valence-corrected chi connectivity index (χ0v) is 8.06. The maximum atomic E-state index is 11.4. The van der Waals surface area contributed by atoms with Gasteiger partial charge in [-0.2, -0.15) is 11.8 Å². The van der Waals surface area contributed by atoms with E-state index in [1.165, 1.54) is 0 Å². The second kappa shape index (κ2) is 4.72. The summed E-state index contributed by atoms with van der Waals surface area (Å²) in [6.45, 7) is 1.82. The van der Waals surface area contributed by atoms with Crippen LogP contribution in [0.5, 0.6) is 0 Å². The van der Waals surface area contributed by atoms with Crippen LogP contribution in [0.25, 0.3) is 0 Å². The number of nitrogens with one attached hydrogen (secondary N) is 1. The van der Waals surface area contributed by atoms with Crippen LogP contribution in [0.3, 0.4) is 0 Å². The van der Waals surface area contributed by atoms with Crippen LogP contribution < -0.4 is 5.32 Å². The van der Waals surface area contributed by atoms with Crippen LogP contribution in [0, 0.1) is 5.92 Å². The zero-order chi connectivity index (χ0) is 8.97. The highest BCUT2D eigenvalue weighted by molar-refractivity contribution is 7.99. The summed E-state index contributed by atoms with van der Waals surface area (Å²) in [6.07, 6.45) is 0.981. The van der Waals surface area contributed by atoms with Gasteiger partial charge in [0.15, 0.2) is 0 Å². The molecule has 1 aliphatic rings. The average molecular weight is 189 g/mol. The second-order valence-corrected chi connectivity index (χ2v) is 4.30. The van der Waals surface area contributed by atoms with Crippen LogP contribution >= 0.6 is 11.8 Å². The maximum absolute atomic E-state index is 11.4. The Morgan fingerprint density at radius 2 is 2.58 bits per heavy atom. The minimum Gasteiger partial charge on any atom is -0.394 e. The molecule has 1 amide bonds. The Kier molecular flexibility index (Phi) is 3.88. The van der Waals surface area contributed by atoms with Crippen LogP contribution in [0.15, 0.2) is 0 Å². The van der Waals surface area contributed by atoms with Crippen molar-refractivity contribution in [3.05, 3.63) is 0 Å². The lowest BCUT2D eigenvalue weighted by Gasteiger charge is -2.13. The van der Waals surface area contributed by atoms with Crippen molar-refractivity contribution in [3.63, 3.8) is 0 Å². The van der Waals surface area contributed by atoms with Gasteiger partial charge >= 0.3 is 0 Å². The Morgan fingerprint density at radius 3 is 3.08 bits per heavy atom. The lowest BCUT2D eigenvalue weighted by Crippen LogP contribution is -2.39. The molecule has 0 aromatic carbocycles. The highest BCUT2D eigenvalue weighted by Gasteiger charge is 2.23. The molecule has 70 valence electrons.